The number of aromatic nitrogens is 1. The Labute approximate surface area is 133 Å². The lowest BCUT2D eigenvalue weighted by atomic mass is 10.0. The van der Waals surface area contributed by atoms with Crippen LogP contribution in [0.4, 0.5) is 9.18 Å². The second kappa shape index (κ2) is 6.02. The highest BCUT2D eigenvalue weighted by molar-refractivity contribution is 5.85. The molecule has 0 aromatic carbocycles. The molecule has 1 N–H and O–H groups in total. The van der Waals surface area contributed by atoms with Crippen LogP contribution in [0.3, 0.4) is 0 Å². The normalized spacial score (nSPS) is 20.7. The van der Waals surface area contributed by atoms with Gasteiger partial charge in [0.25, 0.3) is 0 Å². The van der Waals surface area contributed by atoms with Crippen molar-refractivity contribution >= 4 is 12.1 Å². The van der Waals surface area contributed by atoms with Gasteiger partial charge in [0.05, 0.1) is 18.8 Å². The number of carbonyl (C=O) groups excluding carboxylic acids is 1. The van der Waals surface area contributed by atoms with Gasteiger partial charge in [-0.3, -0.25) is 4.90 Å². The van der Waals surface area contributed by atoms with Crippen LogP contribution in [0.15, 0.2) is 12.3 Å². The van der Waals surface area contributed by atoms with Gasteiger partial charge in [-0.15, -0.1) is 0 Å². The van der Waals surface area contributed by atoms with E-state index in [0.29, 0.717) is 6.54 Å². The van der Waals surface area contributed by atoms with E-state index in [1.165, 1.54) is 4.90 Å². The molecule has 2 atom stereocenters. The Kier molecular flexibility index (Phi) is 4.44. The van der Waals surface area contributed by atoms with Crippen LogP contribution in [-0.2, 0) is 4.74 Å². The Morgan fingerprint density at radius 3 is 2.57 bits per heavy atom. The van der Waals surface area contributed by atoms with Gasteiger partial charge in [-0.05, 0) is 27.7 Å². The van der Waals surface area contributed by atoms with Gasteiger partial charge in [-0.25, -0.2) is 19.0 Å². The van der Waals surface area contributed by atoms with E-state index in [0.717, 1.165) is 12.3 Å². The van der Waals surface area contributed by atoms with Crippen molar-refractivity contribution in [2.24, 2.45) is 0 Å². The maximum absolute atomic E-state index is 13.6. The molecule has 0 bridgehead atoms. The summed E-state index contributed by atoms with van der Waals surface area (Å²) in [5, 5.41) is 8.73. The Morgan fingerprint density at radius 1 is 1.43 bits per heavy atom. The maximum Gasteiger partial charge on any atom is 0.410 e. The Balaban J connectivity index is 1.95. The first kappa shape index (κ1) is 17.0. The number of amides is 1. The monoisotopic (exact) mass is 326 g/mol. The summed E-state index contributed by atoms with van der Waals surface area (Å²) in [5.74, 6) is -2.29. The quantitative estimate of drug-likeness (QED) is 0.917. The molecule has 2 heterocycles. The molecule has 2 rings (SSSR count). The van der Waals surface area contributed by atoms with Crippen molar-refractivity contribution in [3.8, 4) is 5.75 Å². The van der Waals surface area contributed by atoms with Gasteiger partial charge in [0.1, 0.15) is 17.5 Å². The molecule has 0 saturated carbocycles. The lowest BCUT2D eigenvalue weighted by Crippen LogP contribution is -2.63. The minimum absolute atomic E-state index is 0.119. The number of hydrogen-bond donors (Lipinski definition) is 1. The number of ether oxygens (including phenoxy) is 2. The number of rotatable bonds is 3. The van der Waals surface area contributed by atoms with Crippen LogP contribution in [0.2, 0.25) is 0 Å². The van der Waals surface area contributed by atoms with Gasteiger partial charge >= 0.3 is 12.1 Å². The molecular weight excluding hydrogens is 307 g/mol. The summed E-state index contributed by atoms with van der Waals surface area (Å²) in [5.41, 5.74) is -1.24. The van der Waals surface area contributed by atoms with Gasteiger partial charge in [-0.1, -0.05) is 0 Å². The number of carboxylic acid groups (broad SMARTS) is 1. The smallest absolute Gasteiger partial charge is 0.410 e. The summed E-state index contributed by atoms with van der Waals surface area (Å²) in [6.45, 7) is 7.43. The van der Waals surface area contributed by atoms with Crippen LogP contribution in [0, 0.1) is 5.82 Å². The highest BCUT2D eigenvalue weighted by Gasteiger charge is 2.42. The first-order valence-corrected chi connectivity index (χ1v) is 7.13. The fourth-order valence-electron chi connectivity index (χ4n) is 2.09. The van der Waals surface area contributed by atoms with Crippen LogP contribution in [0.5, 0.6) is 5.75 Å². The number of nitrogens with zero attached hydrogens (tertiary/aromatic N) is 2. The minimum Gasteiger partial charge on any atom is -0.485 e. The van der Waals surface area contributed by atoms with E-state index in [-0.39, 0.29) is 17.9 Å². The zero-order chi connectivity index (χ0) is 17.4. The predicted molar refractivity (Wildman–Crippen MR) is 78.0 cm³/mol. The second-order valence-electron chi connectivity index (χ2n) is 6.34. The highest BCUT2D eigenvalue weighted by Crippen LogP contribution is 2.26. The number of carboxylic acids is 1. The number of aromatic carboxylic acids is 1. The third-order valence-corrected chi connectivity index (χ3v) is 3.34. The summed E-state index contributed by atoms with van der Waals surface area (Å²) >= 11 is 0. The van der Waals surface area contributed by atoms with E-state index in [4.69, 9.17) is 14.6 Å². The molecule has 7 nitrogen and oxygen atoms in total. The van der Waals surface area contributed by atoms with Crippen molar-refractivity contribution in [2.45, 2.75) is 45.4 Å². The highest BCUT2D eigenvalue weighted by atomic mass is 19.1. The molecule has 1 amide bonds. The zero-order valence-electron chi connectivity index (χ0n) is 13.4. The summed E-state index contributed by atoms with van der Waals surface area (Å²) in [4.78, 5) is 27.7. The molecule has 1 fully saturated rings. The molecule has 0 spiro atoms. The largest absolute Gasteiger partial charge is 0.485 e. The van der Waals surface area contributed by atoms with Gasteiger partial charge in [0.15, 0.2) is 11.5 Å². The fraction of sp³-hybridized carbons (Fsp3) is 0.533. The summed E-state index contributed by atoms with van der Waals surface area (Å²) in [7, 11) is 0. The van der Waals surface area contributed by atoms with E-state index in [2.05, 4.69) is 4.98 Å². The summed E-state index contributed by atoms with van der Waals surface area (Å²) in [6.07, 6.45) is 0.379. The lowest BCUT2D eigenvalue weighted by Gasteiger charge is -2.45. The van der Waals surface area contributed by atoms with Crippen LogP contribution < -0.4 is 4.74 Å². The van der Waals surface area contributed by atoms with E-state index < -0.39 is 29.2 Å². The molecule has 1 saturated heterocycles. The van der Waals surface area contributed by atoms with Crippen molar-refractivity contribution in [1.82, 2.24) is 9.88 Å². The molecule has 1 aromatic rings. The van der Waals surface area contributed by atoms with Gasteiger partial charge in [0, 0.05) is 6.07 Å². The van der Waals surface area contributed by atoms with Crippen molar-refractivity contribution in [3.63, 3.8) is 0 Å². The Bertz CT molecular complexity index is 629. The predicted octanol–water partition coefficient (Wildman–Crippen LogP) is 2.31. The summed E-state index contributed by atoms with van der Waals surface area (Å²) in [6, 6.07) is 0.728. The molecule has 8 heteroatoms. The third-order valence-electron chi connectivity index (χ3n) is 3.34. The number of carbonyl (C=O) groups is 2. The molecule has 0 radical (unpaired) electrons. The van der Waals surface area contributed by atoms with Crippen LogP contribution in [-0.4, -0.2) is 51.3 Å². The number of pyridine rings is 1. The fourth-order valence-corrected chi connectivity index (χ4v) is 2.09. The molecule has 1 aliphatic rings. The maximum atomic E-state index is 13.6. The Morgan fingerprint density at radius 2 is 2.09 bits per heavy atom. The first-order chi connectivity index (χ1) is 10.6. The molecule has 23 heavy (non-hydrogen) atoms. The number of halogens is 1. The van der Waals surface area contributed by atoms with Crippen molar-refractivity contribution in [3.05, 3.63) is 23.8 Å². The molecule has 1 aliphatic heterocycles. The topological polar surface area (TPSA) is 89.0 Å². The minimum atomic E-state index is -1.44. The summed E-state index contributed by atoms with van der Waals surface area (Å²) < 4.78 is 24.4. The number of likely N-dealkylation sites (tertiary alicyclic amines) is 1. The first-order valence-electron chi connectivity index (χ1n) is 7.13. The van der Waals surface area contributed by atoms with E-state index in [9.17, 15) is 14.0 Å². The standard InChI is InChI=1S/C15H19FN2O5/c1-8-11(7-18(8)14(21)23-15(2,3)4)22-9-5-10(16)12(13(19)20)17-6-9/h5-6,8,11H,7H2,1-4H3,(H,19,20)/t8-,11+/m1/s1. The Hall–Kier alpha value is -2.38. The van der Waals surface area contributed by atoms with Gasteiger partial charge in [0.2, 0.25) is 0 Å². The average molecular weight is 326 g/mol. The van der Waals surface area contributed by atoms with Crippen molar-refractivity contribution in [1.29, 1.82) is 0 Å². The molecule has 126 valence electrons. The van der Waals surface area contributed by atoms with Crippen LogP contribution >= 0.6 is 0 Å². The third kappa shape index (κ3) is 3.88. The molecule has 0 unspecified atom stereocenters. The van der Waals surface area contributed by atoms with Crippen molar-refractivity contribution < 1.29 is 28.6 Å². The average Bonchev–Trinajstić information content (AvgIpc) is 2.40. The van der Waals surface area contributed by atoms with Gasteiger partial charge < -0.3 is 14.6 Å². The molecule has 0 aliphatic carbocycles. The van der Waals surface area contributed by atoms with Crippen molar-refractivity contribution in [2.75, 3.05) is 6.54 Å². The van der Waals surface area contributed by atoms with Crippen LogP contribution in [0.1, 0.15) is 38.2 Å². The van der Waals surface area contributed by atoms with E-state index in [1.54, 1.807) is 27.7 Å². The zero-order valence-corrected chi connectivity index (χ0v) is 13.4. The van der Waals surface area contributed by atoms with E-state index in [1.807, 2.05) is 0 Å². The lowest BCUT2D eigenvalue weighted by molar-refractivity contribution is -0.0538. The van der Waals surface area contributed by atoms with Gasteiger partial charge in [-0.2, -0.15) is 0 Å². The second-order valence-corrected chi connectivity index (χ2v) is 6.34. The molecular formula is C15H19FN2O5. The molecule has 1 aromatic heterocycles. The number of hydrogen-bond acceptors (Lipinski definition) is 5. The van der Waals surface area contributed by atoms with E-state index >= 15 is 0 Å². The SMILES string of the molecule is C[C@@H]1[C@@H](Oc2cnc(C(=O)O)c(F)c2)CN1C(=O)OC(C)(C)C. The van der Waals surface area contributed by atoms with Crippen LogP contribution in [0.25, 0.3) is 0 Å².